The molecule has 1 N–H and O–H groups in total. The Morgan fingerprint density at radius 2 is 2.23 bits per heavy atom. The number of hydrogen-bond donors (Lipinski definition) is 1. The van der Waals surface area contributed by atoms with Crippen LogP contribution in [0, 0.1) is 0 Å². The molecule has 0 saturated carbocycles. The third kappa shape index (κ3) is 1.29. The first kappa shape index (κ1) is 8.18. The van der Waals surface area contributed by atoms with Gasteiger partial charge in [0.25, 0.3) is 0 Å². The van der Waals surface area contributed by atoms with Crippen LogP contribution in [0.3, 0.4) is 0 Å². The van der Waals surface area contributed by atoms with Gasteiger partial charge < -0.3 is 5.11 Å². The maximum atomic E-state index is 10.7. The van der Waals surface area contributed by atoms with Gasteiger partial charge in [-0.2, -0.15) is 0 Å². The summed E-state index contributed by atoms with van der Waals surface area (Å²) in [6, 6.07) is 0. The minimum Gasteiger partial charge on any atom is -0.475 e. The number of imidazole rings is 1. The fraction of sp³-hybridized carbons (Fsp3) is 0. The molecule has 0 aliphatic rings. The second-order valence-corrected chi connectivity index (χ2v) is 3.30. The maximum Gasteiger partial charge on any atom is 0.372 e. The number of halogens is 1. The molecule has 5 nitrogen and oxygen atoms in total. The van der Waals surface area contributed by atoms with Gasteiger partial charge in [-0.15, -0.1) is 0 Å². The van der Waals surface area contributed by atoms with Crippen LogP contribution in [-0.2, 0) is 0 Å². The van der Waals surface area contributed by atoms with Gasteiger partial charge in [-0.1, -0.05) is 0 Å². The number of fused-ring (bicyclic) bond motifs is 1. The number of carboxylic acids is 1. The summed E-state index contributed by atoms with van der Waals surface area (Å²) in [7, 11) is 0. The number of nitrogens with zero attached hydrogens (tertiary/aromatic N) is 3. The van der Waals surface area contributed by atoms with Crippen LogP contribution in [0.2, 0.25) is 0 Å². The van der Waals surface area contributed by atoms with E-state index < -0.39 is 5.97 Å². The Balaban J connectivity index is 2.79. The maximum absolute atomic E-state index is 10.7. The molecule has 0 unspecified atom stereocenters. The molecule has 0 aliphatic carbocycles. The minimum atomic E-state index is -1.07. The quantitative estimate of drug-likeness (QED) is 0.815. The molecular weight excluding hydrogens is 238 g/mol. The summed E-state index contributed by atoms with van der Waals surface area (Å²) in [6.45, 7) is 0. The van der Waals surface area contributed by atoms with Gasteiger partial charge in [0.15, 0.2) is 5.65 Å². The molecule has 0 atom stereocenters. The lowest BCUT2D eigenvalue weighted by atomic mass is 10.6. The van der Waals surface area contributed by atoms with Gasteiger partial charge >= 0.3 is 5.97 Å². The number of carbonyl (C=O) groups is 1. The lowest BCUT2D eigenvalue weighted by Gasteiger charge is -1.95. The summed E-state index contributed by atoms with van der Waals surface area (Å²) >= 11 is 3.20. The molecular formula is C7H4BrN3O2. The van der Waals surface area contributed by atoms with Crippen molar-refractivity contribution in [2.45, 2.75) is 0 Å². The molecule has 0 saturated heterocycles. The van der Waals surface area contributed by atoms with Gasteiger partial charge in [0.05, 0.1) is 10.7 Å². The topological polar surface area (TPSA) is 67.5 Å². The Kier molecular flexibility index (Phi) is 1.77. The smallest absolute Gasteiger partial charge is 0.372 e. The van der Waals surface area contributed by atoms with E-state index in [1.54, 1.807) is 12.4 Å². The highest BCUT2D eigenvalue weighted by molar-refractivity contribution is 9.10. The molecule has 2 aromatic rings. The van der Waals surface area contributed by atoms with E-state index in [2.05, 4.69) is 25.9 Å². The zero-order valence-corrected chi connectivity index (χ0v) is 7.89. The van der Waals surface area contributed by atoms with Crippen LogP contribution in [0.1, 0.15) is 10.6 Å². The van der Waals surface area contributed by atoms with Crippen molar-refractivity contribution in [2.24, 2.45) is 0 Å². The molecule has 0 amide bonds. The Hall–Kier alpha value is -1.43. The molecule has 6 heteroatoms. The zero-order valence-electron chi connectivity index (χ0n) is 6.31. The average Bonchev–Trinajstić information content (AvgIpc) is 2.46. The molecule has 66 valence electrons. The van der Waals surface area contributed by atoms with Crippen molar-refractivity contribution in [3.05, 3.63) is 28.9 Å². The highest BCUT2D eigenvalue weighted by Crippen LogP contribution is 2.10. The predicted molar refractivity (Wildman–Crippen MR) is 47.6 cm³/mol. The van der Waals surface area contributed by atoms with E-state index >= 15 is 0 Å². The van der Waals surface area contributed by atoms with Crippen molar-refractivity contribution in [3.63, 3.8) is 0 Å². The molecule has 0 radical (unpaired) electrons. The largest absolute Gasteiger partial charge is 0.475 e. The summed E-state index contributed by atoms with van der Waals surface area (Å²) in [5.74, 6) is -1.11. The van der Waals surface area contributed by atoms with Crippen LogP contribution in [0.25, 0.3) is 5.65 Å². The van der Waals surface area contributed by atoms with E-state index in [9.17, 15) is 4.79 Å². The standard InChI is InChI=1S/C7H4BrN3O2/c8-4-1-9-5-2-10-6(7(12)13)11(5)3-4/h1-3H,(H,12,13). The molecule has 2 rings (SSSR count). The van der Waals surface area contributed by atoms with Gasteiger partial charge in [0.1, 0.15) is 0 Å². The van der Waals surface area contributed by atoms with E-state index in [4.69, 9.17) is 5.11 Å². The van der Waals surface area contributed by atoms with Crippen LogP contribution in [0.5, 0.6) is 0 Å². The SMILES string of the molecule is O=C(O)c1ncc2ncc(Br)cn12. The molecule has 2 aromatic heterocycles. The molecule has 0 aliphatic heterocycles. The predicted octanol–water partition coefficient (Wildman–Crippen LogP) is 1.19. The third-order valence-electron chi connectivity index (χ3n) is 1.54. The highest BCUT2D eigenvalue weighted by atomic mass is 79.9. The van der Waals surface area contributed by atoms with Gasteiger partial charge in [-0.25, -0.2) is 14.8 Å². The van der Waals surface area contributed by atoms with Crippen LogP contribution in [0.15, 0.2) is 23.1 Å². The second kappa shape index (κ2) is 2.81. The number of aromatic carboxylic acids is 1. The van der Waals surface area contributed by atoms with Gasteiger partial charge in [-0.3, -0.25) is 4.40 Å². The van der Waals surface area contributed by atoms with Crippen molar-refractivity contribution >= 4 is 27.5 Å². The Morgan fingerprint density at radius 1 is 1.46 bits per heavy atom. The fourth-order valence-corrected chi connectivity index (χ4v) is 1.32. The molecule has 2 heterocycles. The van der Waals surface area contributed by atoms with Gasteiger partial charge in [0, 0.05) is 12.4 Å². The van der Waals surface area contributed by atoms with Crippen molar-refractivity contribution in [1.29, 1.82) is 0 Å². The third-order valence-corrected chi connectivity index (χ3v) is 1.95. The molecule has 0 aromatic carbocycles. The lowest BCUT2D eigenvalue weighted by Crippen LogP contribution is -2.03. The highest BCUT2D eigenvalue weighted by Gasteiger charge is 2.10. The summed E-state index contributed by atoms with van der Waals surface area (Å²) in [6.07, 6.45) is 4.61. The van der Waals surface area contributed by atoms with Gasteiger partial charge in [0.2, 0.25) is 5.82 Å². The Bertz CT molecular complexity index is 480. The van der Waals surface area contributed by atoms with Gasteiger partial charge in [-0.05, 0) is 15.9 Å². The van der Waals surface area contributed by atoms with Crippen LogP contribution >= 0.6 is 15.9 Å². The van der Waals surface area contributed by atoms with Crippen molar-refractivity contribution in [3.8, 4) is 0 Å². The normalized spacial score (nSPS) is 10.5. The van der Waals surface area contributed by atoms with E-state index in [1.165, 1.54) is 10.6 Å². The first-order chi connectivity index (χ1) is 6.18. The summed E-state index contributed by atoms with van der Waals surface area (Å²) < 4.78 is 2.12. The molecule has 0 spiro atoms. The Labute approximate surface area is 81.2 Å². The molecule has 0 bridgehead atoms. The minimum absolute atomic E-state index is 0.0381. The van der Waals surface area contributed by atoms with E-state index in [1.807, 2.05) is 0 Å². The number of aromatic nitrogens is 3. The number of carboxylic acid groups (broad SMARTS) is 1. The summed E-state index contributed by atoms with van der Waals surface area (Å²) in [4.78, 5) is 18.4. The van der Waals surface area contributed by atoms with E-state index in [0.717, 1.165) is 0 Å². The molecule has 0 fully saturated rings. The monoisotopic (exact) mass is 241 g/mol. The number of hydrogen-bond acceptors (Lipinski definition) is 3. The average molecular weight is 242 g/mol. The molecule has 13 heavy (non-hydrogen) atoms. The first-order valence-electron chi connectivity index (χ1n) is 3.40. The zero-order chi connectivity index (χ0) is 9.42. The van der Waals surface area contributed by atoms with Crippen molar-refractivity contribution in [2.75, 3.05) is 0 Å². The van der Waals surface area contributed by atoms with E-state index in [-0.39, 0.29) is 5.82 Å². The van der Waals surface area contributed by atoms with Crippen LogP contribution in [-0.4, -0.2) is 25.4 Å². The second-order valence-electron chi connectivity index (χ2n) is 2.39. The van der Waals surface area contributed by atoms with Crippen LogP contribution < -0.4 is 0 Å². The fourth-order valence-electron chi connectivity index (χ4n) is 1.02. The summed E-state index contributed by atoms with van der Waals surface area (Å²) in [5.41, 5.74) is 0.514. The lowest BCUT2D eigenvalue weighted by molar-refractivity contribution is 0.0683. The first-order valence-corrected chi connectivity index (χ1v) is 4.19. The number of rotatable bonds is 1. The van der Waals surface area contributed by atoms with E-state index in [0.29, 0.717) is 10.1 Å². The Morgan fingerprint density at radius 3 is 2.92 bits per heavy atom. The van der Waals surface area contributed by atoms with Crippen LogP contribution in [0.4, 0.5) is 0 Å². The van der Waals surface area contributed by atoms with Crippen molar-refractivity contribution in [1.82, 2.24) is 14.4 Å². The van der Waals surface area contributed by atoms with Crippen molar-refractivity contribution < 1.29 is 9.90 Å². The summed E-state index contributed by atoms with van der Waals surface area (Å²) in [5, 5.41) is 8.74.